The van der Waals surface area contributed by atoms with E-state index in [9.17, 15) is 0 Å². The molecule has 0 aromatic carbocycles. The summed E-state index contributed by atoms with van der Waals surface area (Å²) in [7, 11) is 2.23. The molecule has 0 amide bonds. The average molecular weight is 141 g/mol. The van der Waals surface area contributed by atoms with Crippen LogP contribution in [0.15, 0.2) is 0 Å². The molecule has 1 heteroatoms. The van der Waals surface area contributed by atoms with Crippen LogP contribution in [0.4, 0.5) is 0 Å². The highest BCUT2D eigenvalue weighted by Crippen LogP contribution is 2.36. The molecule has 2 unspecified atom stereocenters. The minimum Gasteiger partial charge on any atom is -0.298 e. The number of nitrogens with zero attached hydrogens (tertiary/aromatic N) is 1. The van der Waals surface area contributed by atoms with Crippen molar-refractivity contribution in [3.05, 3.63) is 0 Å². The van der Waals surface area contributed by atoms with Gasteiger partial charge >= 0.3 is 0 Å². The molecule has 0 radical (unpaired) electrons. The zero-order valence-electron chi connectivity index (χ0n) is 7.81. The lowest BCUT2D eigenvalue weighted by Gasteiger charge is -2.33. The quantitative estimate of drug-likeness (QED) is 0.499. The fourth-order valence-corrected chi connectivity index (χ4v) is 1.87. The fourth-order valence-electron chi connectivity index (χ4n) is 1.87. The van der Waals surface area contributed by atoms with Crippen molar-refractivity contribution in [2.75, 3.05) is 7.05 Å². The van der Waals surface area contributed by atoms with Crippen LogP contribution in [0, 0.1) is 5.92 Å². The molecule has 0 N–H and O–H groups in total. The second kappa shape index (κ2) is 2.23. The van der Waals surface area contributed by atoms with Gasteiger partial charge < -0.3 is 0 Å². The lowest BCUT2D eigenvalue weighted by molar-refractivity contribution is 0.152. The Morgan fingerprint density at radius 1 is 1.30 bits per heavy atom. The van der Waals surface area contributed by atoms with E-state index >= 15 is 0 Å². The van der Waals surface area contributed by atoms with Crippen LogP contribution in [0.25, 0.3) is 0 Å². The minimum atomic E-state index is 0.416. The van der Waals surface area contributed by atoms with E-state index < -0.39 is 0 Å². The van der Waals surface area contributed by atoms with Crippen LogP contribution < -0.4 is 0 Å². The summed E-state index contributed by atoms with van der Waals surface area (Å²) in [6, 6.07) is 0.769. The van der Waals surface area contributed by atoms with Gasteiger partial charge in [0.2, 0.25) is 0 Å². The predicted octanol–water partition coefficient (Wildman–Crippen LogP) is 2.13. The Morgan fingerprint density at radius 2 is 1.80 bits per heavy atom. The molecule has 1 rings (SSSR count). The van der Waals surface area contributed by atoms with Crippen molar-refractivity contribution < 1.29 is 0 Å². The second-order valence-corrected chi connectivity index (χ2v) is 4.25. The molecule has 60 valence electrons. The van der Waals surface area contributed by atoms with Crippen LogP contribution in [0.5, 0.6) is 0 Å². The van der Waals surface area contributed by atoms with Gasteiger partial charge in [-0.25, -0.2) is 0 Å². The molecule has 0 bridgehead atoms. The largest absolute Gasteiger partial charge is 0.298 e. The highest BCUT2D eigenvalue weighted by molar-refractivity contribution is 4.95. The number of hydrogen-bond acceptors (Lipinski definition) is 1. The van der Waals surface area contributed by atoms with Crippen molar-refractivity contribution in [3.63, 3.8) is 0 Å². The van der Waals surface area contributed by atoms with Gasteiger partial charge in [-0.05, 0) is 40.2 Å². The Bertz CT molecular complexity index is 129. The van der Waals surface area contributed by atoms with Gasteiger partial charge in [0.25, 0.3) is 0 Å². The van der Waals surface area contributed by atoms with Crippen LogP contribution in [0.3, 0.4) is 0 Å². The van der Waals surface area contributed by atoms with E-state index in [-0.39, 0.29) is 0 Å². The Balaban J connectivity index is 2.75. The van der Waals surface area contributed by atoms with Gasteiger partial charge in [-0.15, -0.1) is 0 Å². The van der Waals surface area contributed by atoms with E-state index in [4.69, 9.17) is 0 Å². The molecule has 1 aliphatic heterocycles. The molecule has 1 fully saturated rings. The van der Waals surface area contributed by atoms with Crippen LogP contribution in [0.1, 0.15) is 34.1 Å². The first-order chi connectivity index (χ1) is 4.46. The molecule has 0 aliphatic carbocycles. The van der Waals surface area contributed by atoms with Gasteiger partial charge in [-0.3, -0.25) is 4.90 Å². The third-order valence-electron chi connectivity index (χ3n) is 3.47. The van der Waals surface area contributed by atoms with Gasteiger partial charge in [0.15, 0.2) is 0 Å². The predicted molar refractivity (Wildman–Crippen MR) is 45.1 cm³/mol. The molecule has 1 nitrogen and oxygen atoms in total. The average Bonchev–Trinajstić information content (AvgIpc) is 1.97. The summed E-state index contributed by atoms with van der Waals surface area (Å²) < 4.78 is 0. The molecule has 10 heavy (non-hydrogen) atoms. The maximum absolute atomic E-state index is 2.48. The summed E-state index contributed by atoms with van der Waals surface area (Å²) in [5.41, 5.74) is 0.416. The highest BCUT2D eigenvalue weighted by Gasteiger charge is 2.39. The molecular weight excluding hydrogens is 122 g/mol. The smallest absolute Gasteiger partial charge is 0.0179 e. The molecule has 1 heterocycles. The van der Waals surface area contributed by atoms with Gasteiger partial charge in [0.05, 0.1) is 0 Å². The molecule has 1 aliphatic rings. The van der Waals surface area contributed by atoms with Crippen molar-refractivity contribution in [2.45, 2.75) is 45.7 Å². The van der Waals surface area contributed by atoms with Gasteiger partial charge in [-0.2, -0.15) is 0 Å². The van der Waals surface area contributed by atoms with Crippen molar-refractivity contribution in [3.8, 4) is 0 Å². The summed E-state index contributed by atoms with van der Waals surface area (Å²) in [5.74, 6) is 0.840. The van der Waals surface area contributed by atoms with Crippen molar-refractivity contribution in [2.24, 2.45) is 5.92 Å². The number of rotatable bonds is 0. The summed E-state index contributed by atoms with van der Waals surface area (Å²) in [6.07, 6.45) is 1.35. The fraction of sp³-hybridized carbons (Fsp3) is 1.00. The topological polar surface area (TPSA) is 3.24 Å². The maximum Gasteiger partial charge on any atom is 0.0179 e. The first kappa shape index (κ1) is 8.06. The van der Waals surface area contributed by atoms with Crippen molar-refractivity contribution >= 4 is 0 Å². The van der Waals surface area contributed by atoms with E-state index in [2.05, 4.69) is 39.6 Å². The monoisotopic (exact) mass is 141 g/mol. The molecule has 0 saturated carbocycles. The summed E-state index contributed by atoms with van der Waals surface area (Å²) in [4.78, 5) is 2.48. The van der Waals surface area contributed by atoms with Crippen LogP contribution in [-0.4, -0.2) is 23.5 Å². The lowest BCUT2D eigenvalue weighted by atomic mass is 9.90. The molecule has 0 spiro atoms. The summed E-state index contributed by atoms with van der Waals surface area (Å²) in [5, 5.41) is 0. The SMILES string of the molecule is CC1CC(C)C(C)(C)N1C. The zero-order valence-corrected chi connectivity index (χ0v) is 7.81. The first-order valence-corrected chi connectivity index (χ1v) is 4.19. The maximum atomic E-state index is 2.48. The Hall–Kier alpha value is -0.0400. The van der Waals surface area contributed by atoms with Crippen LogP contribution >= 0.6 is 0 Å². The van der Waals surface area contributed by atoms with Gasteiger partial charge in [0, 0.05) is 11.6 Å². The van der Waals surface area contributed by atoms with E-state index in [1.807, 2.05) is 0 Å². The van der Waals surface area contributed by atoms with Gasteiger partial charge in [0.1, 0.15) is 0 Å². The zero-order chi connectivity index (χ0) is 7.94. The Kier molecular flexibility index (Phi) is 1.80. The van der Waals surface area contributed by atoms with Gasteiger partial charge in [-0.1, -0.05) is 6.92 Å². The first-order valence-electron chi connectivity index (χ1n) is 4.19. The molecule has 2 atom stereocenters. The third-order valence-corrected chi connectivity index (χ3v) is 3.47. The van der Waals surface area contributed by atoms with Crippen LogP contribution in [0.2, 0.25) is 0 Å². The number of likely N-dealkylation sites (tertiary alicyclic amines) is 1. The van der Waals surface area contributed by atoms with E-state index in [0.717, 1.165) is 12.0 Å². The lowest BCUT2D eigenvalue weighted by Crippen LogP contribution is -2.41. The molecule has 1 saturated heterocycles. The second-order valence-electron chi connectivity index (χ2n) is 4.25. The van der Waals surface area contributed by atoms with Crippen molar-refractivity contribution in [1.82, 2.24) is 4.90 Å². The Morgan fingerprint density at radius 3 is 1.90 bits per heavy atom. The van der Waals surface area contributed by atoms with Crippen molar-refractivity contribution in [1.29, 1.82) is 0 Å². The molecular formula is C9H19N. The summed E-state index contributed by atoms with van der Waals surface area (Å²) >= 11 is 0. The normalized spacial score (nSPS) is 40.5. The minimum absolute atomic E-state index is 0.416. The third kappa shape index (κ3) is 0.968. The standard InChI is InChI=1S/C9H19N/c1-7-6-8(2)10(5)9(7,3)4/h7-8H,6H2,1-5H3. The summed E-state index contributed by atoms with van der Waals surface area (Å²) in [6.45, 7) is 9.33. The molecule has 0 aromatic rings. The Labute approximate surface area is 64.4 Å². The van der Waals surface area contributed by atoms with Crippen LogP contribution in [-0.2, 0) is 0 Å². The van der Waals surface area contributed by atoms with E-state index in [0.29, 0.717) is 5.54 Å². The van der Waals surface area contributed by atoms with E-state index in [1.54, 1.807) is 0 Å². The highest BCUT2D eigenvalue weighted by atomic mass is 15.2. The number of hydrogen-bond donors (Lipinski definition) is 0. The molecule has 0 aromatic heterocycles. The van der Waals surface area contributed by atoms with E-state index in [1.165, 1.54) is 6.42 Å².